The Kier molecular flexibility index (Phi) is 6.75. The first-order chi connectivity index (χ1) is 14.5. The summed E-state index contributed by atoms with van der Waals surface area (Å²) in [5.41, 5.74) is -0.438. The highest BCUT2D eigenvalue weighted by atomic mass is 32.2. The number of nitrogens with zero attached hydrogens (tertiary/aromatic N) is 1. The zero-order valence-corrected chi connectivity index (χ0v) is 17.5. The number of hydrogen-bond donors (Lipinski definition) is 2. The minimum absolute atomic E-state index is 0.00594. The van der Waals surface area contributed by atoms with Crippen LogP contribution in [0.25, 0.3) is 0 Å². The molecule has 1 heterocycles. The van der Waals surface area contributed by atoms with Crippen molar-refractivity contribution in [3.63, 3.8) is 0 Å². The van der Waals surface area contributed by atoms with Gasteiger partial charge in [-0.25, -0.2) is 8.42 Å². The summed E-state index contributed by atoms with van der Waals surface area (Å²) >= 11 is 0. The van der Waals surface area contributed by atoms with Gasteiger partial charge in [-0.2, -0.15) is 13.2 Å². The molecule has 0 radical (unpaired) electrons. The molecule has 0 aromatic heterocycles. The van der Waals surface area contributed by atoms with E-state index in [1.165, 1.54) is 30.3 Å². The van der Waals surface area contributed by atoms with E-state index in [-0.39, 0.29) is 23.4 Å². The van der Waals surface area contributed by atoms with E-state index in [1.807, 2.05) is 4.90 Å². The van der Waals surface area contributed by atoms with Crippen LogP contribution in [0.1, 0.15) is 21.5 Å². The van der Waals surface area contributed by atoms with Gasteiger partial charge < -0.3 is 15.0 Å². The van der Waals surface area contributed by atoms with Crippen molar-refractivity contribution < 1.29 is 31.1 Å². The monoisotopic (exact) mass is 457 g/mol. The molecule has 168 valence electrons. The van der Waals surface area contributed by atoms with Gasteiger partial charge in [-0.3, -0.25) is 9.52 Å². The Labute approximate surface area is 178 Å². The molecule has 2 aromatic carbocycles. The normalized spacial score (nSPS) is 14.9. The van der Waals surface area contributed by atoms with Crippen LogP contribution in [0.15, 0.2) is 42.5 Å². The molecule has 7 nitrogen and oxygen atoms in total. The van der Waals surface area contributed by atoms with Crippen LogP contribution in [0.2, 0.25) is 0 Å². The van der Waals surface area contributed by atoms with Gasteiger partial charge in [0.25, 0.3) is 5.91 Å². The molecule has 1 amide bonds. The molecule has 0 spiro atoms. The zero-order valence-electron chi connectivity index (χ0n) is 16.7. The molecule has 0 aliphatic carbocycles. The fourth-order valence-corrected chi connectivity index (χ4v) is 3.82. The lowest BCUT2D eigenvalue weighted by Crippen LogP contribution is -2.36. The minimum atomic E-state index is -4.60. The molecule has 0 bridgehead atoms. The summed E-state index contributed by atoms with van der Waals surface area (Å²) < 4.78 is 71.4. The van der Waals surface area contributed by atoms with E-state index in [9.17, 15) is 26.4 Å². The highest BCUT2D eigenvalue weighted by Crippen LogP contribution is 2.35. The maximum absolute atomic E-state index is 13.7. The SMILES string of the molecule is CS(=O)(=O)Nc1ccccc1C(=O)NCc1ccc(N2CCOCC2)cc1C(F)(F)F. The average molecular weight is 457 g/mol. The Morgan fingerprint density at radius 3 is 2.45 bits per heavy atom. The third-order valence-electron chi connectivity index (χ3n) is 4.68. The first-order valence-corrected chi connectivity index (χ1v) is 11.3. The second kappa shape index (κ2) is 9.15. The van der Waals surface area contributed by atoms with Gasteiger partial charge >= 0.3 is 6.18 Å². The van der Waals surface area contributed by atoms with Crippen LogP contribution in [0.3, 0.4) is 0 Å². The largest absolute Gasteiger partial charge is 0.416 e. The van der Waals surface area contributed by atoms with Crippen LogP contribution in [0.4, 0.5) is 24.5 Å². The van der Waals surface area contributed by atoms with Crippen LogP contribution in [0.5, 0.6) is 0 Å². The van der Waals surface area contributed by atoms with Crippen LogP contribution in [-0.2, 0) is 27.5 Å². The summed E-state index contributed by atoms with van der Waals surface area (Å²) in [6.45, 7) is 1.51. The summed E-state index contributed by atoms with van der Waals surface area (Å²) in [5, 5.41) is 2.45. The lowest BCUT2D eigenvalue weighted by atomic mass is 10.0. The van der Waals surface area contributed by atoms with Gasteiger partial charge in [-0.1, -0.05) is 18.2 Å². The number of ether oxygens (including phenoxy) is 1. The number of anilines is 2. The van der Waals surface area contributed by atoms with Crippen molar-refractivity contribution in [2.75, 3.05) is 42.2 Å². The number of benzene rings is 2. The first kappa shape index (κ1) is 22.9. The molecule has 1 aliphatic rings. The van der Waals surface area contributed by atoms with Crippen molar-refractivity contribution in [2.24, 2.45) is 0 Å². The van der Waals surface area contributed by atoms with Gasteiger partial charge in [0.1, 0.15) is 0 Å². The number of halogens is 3. The van der Waals surface area contributed by atoms with Gasteiger partial charge in [0.05, 0.1) is 36.3 Å². The number of sulfonamides is 1. The summed E-state index contributed by atoms with van der Waals surface area (Å²) in [6.07, 6.45) is -3.66. The average Bonchev–Trinajstić information content (AvgIpc) is 2.71. The van der Waals surface area contributed by atoms with Gasteiger partial charge in [-0.15, -0.1) is 0 Å². The van der Waals surface area contributed by atoms with Crippen molar-refractivity contribution in [1.29, 1.82) is 0 Å². The van der Waals surface area contributed by atoms with Gasteiger partial charge in [0, 0.05) is 25.3 Å². The standard InChI is InChI=1S/C20H22F3N3O4S/c1-31(28,29)25-18-5-3-2-4-16(18)19(27)24-13-14-6-7-15(12-17(14)20(21,22)23)26-8-10-30-11-9-26/h2-7,12,25H,8-11,13H2,1H3,(H,24,27). The minimum Gasteiger partial charge on any atom is -0.378 e. The fraction of sp³-hybridized carbons (Fsp3) is 0.350. The van der Waals surface area contributed by atoms with E-state index in [4.69, 9.17) is 4.74 Å². The predicted octanol–water partition coefficient (Wildman–Crippen LogP) is 2.84. The van der Waals surface area contributed by atoms with Crippen molar-refractivity contribution >= 4 is 27.3 Å². The molecule has 1 fully saturated rings. The molecule has 0 atom stereocenters. The van der Waals surface area contributed by atoms with Crippen molar-refractivity contribution in [2.45, 2.75) is 12.7 Å². The molecule has 3 rings (SSSR count). The summed E-state index contributed by atoms with van der Waals surface area (Å²) in [4.78, 5) is 14.4. The number of amides is 1. The fourth-order valence-electron chi connectivity index (χ4n) is 3.24. The number of alkyl halides is 3. The Bertz CT molecular complexity index is 1050. The van der Waals surface area contributed by atoms with E-state index >= 15 is 0 Å². The number of morpholine rings is 1. The second-order valence-electron chi connectivity index (χ2n) is 7.04. The molecule has 0 saturated carbocycles. The Morgan fingerprint density at radius 1 is 1.13 bits per heavy atom. The first-order valence-electron chi connectivity index (χ1n) is 9.42. The molecule has 31 heavy (non-hydrogen) atoms. The predicted molar refractivity (Wildman–Crippen MR) is 111 cm³/mol. The lowest BCUT2D eigenvalue weighted by molar-refractivity contribution is -0.138. The number of nitrogens with one attached hydrogen (secondary N) is 2. The van der Waals surface area contributed by atoms with Crippen molar-refractivity contribution in [3.8, 4) is 0 Å². The van der Waals surface area contributed by atoms with Gasteiger partial charge in [0.2, 0.25) is 10.0 Å². The van der Waals surface area contributed by atoms with Gasteiger partial charge in [0.15, 0.2) is 0 Å². The molecule has 2 aromatic rings. The molecule has 0 unspecified atom stereocenters. The van der Waals surface area contributed by atoms with Crippen LogP contribution in [0, 0.1) is 0 Å². The molecular formula is C20H22F3N3O4S. The zero-order chi connectivity index (χ0) is 22.6. The van der Waals surface area contributed by atoms with E-state index in [1.54, 1.807) is 6.07 Å². The Balaban J connectivity index is 1.81. The maximum atomic E-state index is 13.7. The van der Waals surface area contributed by atoms with E-state index in [0.29, 0.717) is 32.0 Å². The Morgan fingerprint density at radius 2 is 1.81 bits per heavy atom. The lowest BCUT2D eigenvalue weighted by Gasteiger charge is -2.29. The molecule has 11 heteroatoms. The van der Waals surface area contributed by atoms with E-state index in [2.05, 4.69) is 10.0 Å². The summed E-state index contributed by atoms with van der Waals surface area (Å²) in [6, 6.07) is 9.85. The quantitative estimate of drug-likeness (QED) is 0.697. The van der Waals surface area contributed by atoms with E-state index in [0.717, 1.165) is 12.3 Å². The van der Waals surface area contributed by atoms with Crippen LogP contribution < -0.4 is 14.9 Å². The summed E-state index contributed by atoms with van der Waals surface area (Å²) in [5.74, 6) is -0.697. The third kappa shape index (κ3) is 6.11. The summed E-state index contributed by atoms with van der Waals surface area (Å²) in [7, 11) is -3.63. The molecule has 2 N–H and O–H groups in total. The van der Waals surface area contributed by atoms with Crippen LogP contribution >= 0.6 is 0 Å². The molecular weight excluding hydrogens is 435 g/mol. The molecule has 1 saturated heterocycles. The highest BCUT2D eigenvalue weighted by molar-refractivity contribution is 7.92. The van der Waals surface area contributed by atoms with E-state index < -0.39 is 27.7 Å². The van der Waals surface area contributed by atoms with Gasteiger partial charge in [-0.05, 0) is 29.8 Å². The number of para-hydroxylation sites is 1. The highest BCUT2D eigenvalue weighted by Gasteiger charge is 2.34. The molecule has 1 aliphatic heterocycles. The second-order valence-corrected chi connectivity index (χ2v) is 8.79. The number of carbonyl (C=O) groups excluding carboxylic acids is 1. The number of hydrogen-bond acceptors (Lipinski definition) is 5. The van der Waals surface area contributed by atoms with Crippen molar-refractivity contribution in [1.82, 2.24) is 5.32 Å². The smallest absolute Gasteiger partial charge is 0.378 e. The third-order valence-corrected chi connectivity index (χ3v) is 5.27. The Hall–Kier alpha value is -2.79. The van der Waals surface area contributed by atoms with Crippen molar-refractivity contribution in [3.05, 3.63) is 59.2 Å². The maximum Gasteiger partial charge on any atom is 0.416 e. The number of carbonyl (C=O) groups is 1. The topological polar surface area (TPSA) is 87.7 Å². The number of rotatable bonds is 6. The van der Waals surface area contributed by atoms with Crippen LogP contribution in [-0.4, -0.2) is 46.9 Å².